The van der Waals surface area contributed by atoms with E-state index in [0.29, 0.717) is 11.9 Å². The van der Waals surface area contributed by atoms with Crippen LogP contribution in [0.3, 0.4) is 0 Å². The van der Waals surface area contributed by atoms with Crippen LogP contribution in [0, 0.1) is 0 Å². The first-order valence-corrected chi connectivity index (χ1v) is 10.3. The molecule has 0 aliphatic heterocycles. The first kappa shape index (κ1) is 17.5. The van der Waals surface area contributed by atoms with Crippen molar-refractivity contribution in [2.45, 2.75) is 36.1 Å². The fraction of sp³-hybridized carbons (Fsp3) is 0.250. The smallest absolute Gasteiger partial charge is 0.233 e. The molecule has 26 heavy (non-hydrogen) atoms. The molecule has 1 atom stereocenters. The maximum Gasteiger partial charge on any atom is 0.233 e. The number of nitrogens with zero attached hydrogens (tertiary/aromatic N) is 2. The molecule has 0 radical (unpaired) electrons. The summed E-state index contributed by atoms with van der Waals surface area (Å²) in [5.74, 6) is 0.749. The molecule has 1 fully saturated rings. The number of fused-ring (bicyclic) bond motifs is 1. The minimum Gasteiger partial charge on any atom is -0.352 e. The van der Waals surface area contributed by atoms with Crippen molar-refractivity contribution in [3.8, 4) is 11.4 Å². The minimum atomic E-state index is -0.202. The highest BCUT2D eigenvalue weighted by Gasteiger charge is 2.26. The molecule has 1 N–H and O–H groups in total. The Labute approximate surface area is 164 Å². The zero-order chi connectivity index (χ0) is 18.1. The van der Waals surface area contributed by atoms with Gasteiger partial charge in [-0.25, -0.2) is 9.97 Å². The van der Waals surface area contributed by atoms with E-state index in [4.69, 9.17) is 9.97 Å². The van der Waals surface area contributed by atoms with Crippen LogP contribution in [0.1, 0.15) is 19.8 Å². The van der Waals surface area contributed by atoms with Gasteiger partial charge in [-0.05, 0) is 38.0 Å². The molecule has 1 amide bonds. The predicted molar refractivity (Wildman–Crippen MR) is 109 cm³/mol. The SMILES string of the molecule is CC(Sc1nc(-c2ccc(Br)cc2)nc2ccccc12)C(=O)NC1CC1. The second-order valence-electron chi connectivity index (χ2n) is 6.42. The molecule has 1 aliphatic rings. The normalized spacial score (nSPS) is 15.0. The van der Waals surface area contributed by atoms with Crippen molar-refractivity contribution in [2.24, 2.45) is 0 Å². The maximum absolute atomic E-state index is 12.3. The average molecular weight is 428 g/mol. The molecule has 1 aromatic heterocycles. The number of benzene rings is 2. The number of aromatic nitrogens is 2. The summed E-state index contributed by atoms with van der Waals surface area (Å²) in [5, 5.41) is 4.68. The van der Waals surface area contributed by atoms with Crippen LogP contribution in [0.4, 0.5) is 0 Å². The number of rotatable bonds is 5. The Morgan fingerprint density at radius 3 is 2.62 bits per heavy atom. The van der Waals surface area contributed by atoms with Gasteiger partial charge in [-0.3, -0.25) is 4.79 Å². The Hall–Kier alpha value is -1.92. The monoisotopic (exact) mass is 427 g/mol. The standard InChI is InChI=1S/C20H18BrN3OS/c1-12(19(25)22-15-10-11-15)26-20-16-4-2-3-5-17(16)23-18(24-20)13-6-8-14(21)9-7-13/h2-9,12,15H,10-11H2,1H3,(H,22,25). The fourth-order valence-corrected chi connectivity index (χ4v) is 3.85. The Bertz CT molecular complexity index is 957. The van der Waals surface area contributed by atoms with Crippen LogP contribution < -0.4 is 5.32 Å². The minimum absolute atomic E-state index is 0.0744. The van der Waals surface area contributed by atoms with Crippen LogP contribution in [-0.2, 0) is 4.79 Å². The molecule has 2 aromatic carbocycles. The van der Waals surface area contributed by atoms with Gasteiger partial charge in [0.05, 0.1) is 10.8 Å². The summed E-state index contributed by atoms with van der Waals surface area (Å²) in [6, 6.07) is 16.2. The average Bonchev–Trinajstić information content (AvgIpc) is 3.46. The third-order valence-corrected chi connectivity index (χ3v) is 5.88. The molecule has 1 unspecified atom stereocenters. The number of amides is 1. The number of nitrogens with one attached hydrogen (secondary N) is 1. The summed E-state index contributed by atoms with van der Waals surface area (Å²) >= 11 is 4.95. The first-order valence-electron chi connectivity index (χ1n) is 8.60. The van der Waals surface area contributed by atoms with Gasteiger partial charge in [0, 0.05) is 21.5 Å². The first-order chi connectivity index (χ1) is 12.6. The van der Waals surface area contributed by atoms with E-state index in [0.717, 1.165) is 38.8 Å². The van der Waals surface area contributed by atoms with Crippen molar-refractivity contribution in [3.05, 3.63) is 53.0 Å². The quantitative estimate of drug-likeness (QED) is 0.468. The third-order valence-electron chi connectivity index (χ3n) is 4.25. The van der Waals surface area contributed by atoms with Gasteiger partial charge in [-0.2, -0.15) is 0 Å². The van der Waals surface area contributed by atoms with E-state index in [2.05, 4.69) is 21.2 Å². The number of hydrogen-bond donors (Lipinski definition) is 1. The van der Waals surface area contributed by atoms with Gasteiger partial charge < -0.3 is 5.32 Å². The van der Waals surface area contributed by atoms with Crippen molar-refractivity contribution in [1.82, 2.24) is 15.3 Å². The van der Waals surface area contributed by atoms with Crippen LogP contribution in [0.2, 0.25) is 0 Å². The molecule has 0 bridgehead atoms. The van der Waals surface area contributed by atoms with Crippen molar-refractivity contribution in [3.63, 3.8) is 0 Å². The molecule has 3 aromatic rings. The van der Waals surface area contributed by atoms with Crippen molar-refractivity contribution < 1.29 is 4.79 Å². The van der Waals surface area contributed by atoms with E-state index in [1.54, 1.807) is 0 Å². The molecule has 4 nitrogen and oxygen atoms in total. The van der Waals surface area contributed by atoms with Crippen molar-refractivity contribution in [2.75, 3.05) is 0 Å². The van der Waals surface area contributed by atoms with Crippen LogP contribution >= 0.6 is 27.7 Å². The topological polar surface area (TPSA) is 54.9 Å². The Morgan fingerprint density at radius 2 is 1.88 bits per heavy atom. The highest BCUT2D eigenvalue weighted by molar-refractivity contribution is 9.10. The van der Waals surface area contributed by atoms with E-state index in [1.165, 1.54) is 11.8 Å². The number of carbonyl (C=O) groups is 1. The van der Waals surface area contributed by atoms with Gasteiger partial charge in [-0.1, -0.05) is 58.0 Å². The van der Waals surface area contributed by atoms with Gasteiger partial charge in [0.25, 0.3) is 0 Å². The van der Waals surface area contributed by atoms with E-state index < -0.39 is 0 Å². The summed E-state index contributed by atoms with van der Waals surface area (Å²) in [6.45, 7) is 1.93. The maximum atomic E-state index is 12.3. The van der Waals surface area contributed by atoms with Crippen LogP contribution in [0.15, 0.2) is 58.0 Å². The molecule has 0 spiro atoms. The number of halogens is 1. The summed E-state index contributed by atoms with van der Waals surface area (Å²) in [5.41, 5.74) is 1.84. The highest BCUT2D eigenvalue weighted by Crippen LogP contribution is 2.31. The number of para-hydroxylation sites is 1. The number of thioether (sulfide) groups is 1. The zero-order valence-electron chi connectivity index (χ0n) is 14.3. The lowest BCUT2D eigenvalue weighted by Crippen LogP contribution is -2.32. The lowest BCUT2D eigenvalue weighted by atomic mass is 10.2. The molecule has 1 saturated carbocycles. The largest absolute Gasteiger partial charge is 0.352 e. The molecule has 6 heteroatoms. The third kappa shape index (κ3) is 3.91. The molecule has 0 saturated heterocycles. The molecule has 4 rings (SSSR count). The van der Waals surface area contributed by atoms with Crippen LogP contribution in [0.5, 0.6) is 0 Å². The number of hydrogen-bond acceptors (Lipinski definition) is 4. The van der Waals surface area contributed by atoms with Gasteiger partial charge in [-0.15, -0.1) is 0 Å². The highest BCUT2D eigenvalue weighted by atomic mass is 79.9. The van der Waals surface area contributed by atoms with E-state index in [9.17, 15) is 4.79 Å². The Balaban J connectivity index is 1.69. The van der Waals surface area contributed by atoms with Crippen LogP contribution in [-0.4, -0.2) is 27.2 Å². The molecule has 1 aliphatic carbocycles. The molecule has 132 valence electrons. The Morgan fingerprint density at radius 1 is 1.15 bits per heavy atom. The molecular weight excluding hydrogens is 410 g/mol. The van der Waals surface area contributed by atoms with Gasteiger partial charge in [0.1, 0.15) is 5.03 Å². The van der Waals surface area contributed by atoms with Gasteiger partial charge in [0.2, 0.25) is 5.91 Å². The van der Waals surface area contributed by atoms with Crippen molar-refractivity contribution in [1.29, 1.82) is 0 Å². The van der Waals surface area contributed by atoms with Crippen LogP contribution in [0.25, 0.3) is 22.3 Å². The zero-order valence-corrected chi connectivity index (χ0v) is 16.7. The van der Waals surface area contributed by atoms with E-state index >= 15 is 0 Å². The number of carbonyl (C=O) groups excluding carboxylic acids is 1. The summed E-state index contributed by atoms with van der Waals surface area (Å²) in [4.78, 5) is 21.8. The Kier molecular flexibility index (Phi) is 4.96. The second-order valence-corrected chi connectivity index (χ2v) is 8.66. The molecule has 1 heterocycles. The van der Waals surface area contributed by atoms with E-state index in [-0.39, 0.29) is 11.2 Å². The fourth-order valence-electron chi connectivity index (χ4n) is 2.63. The molecular formula is C20H18BrN3OS. The summed E-state index contributed by atoms with van der Waals surface area (Å²) in [7, 11) is 0. The predicted octanol–water partition coefficient (Wildman–Crippen LogP) is 4.82. The second kappa shape index (κ2) is 7.37. The van der Waals surface area contributed by atoms with Gasteiger partial charge >= 0.3 is 0 Å². The summed E-state index contributed by atoms with van der Waals surface area (Å²) in [6.07, 6.45) is 2.18. The van der Waals surface area contributed by atoms with Crippen molar-refractivity contribution >= 4 is 44.5 Å². The van der Waals surface area contributed by atoms with Gasteiger partial charge in [0.15, 0.2) is 5.82 Å². The van der Waals surface area contributed by atoms with E-state index in [1.807, 2.05) is 55.5 Å². The lowest BCUT2D eigenvalue weighted by molar-refractivity contribution is -0.120. The lowest BCUT2D eigenvalue weighted by Gasteiger charge is -2.13. The summed E-state index contributed by atoms with van der Waals surface area (Å²) < 4.78 is 1.02.